The minimum absolute atomic E-state index is 0.0476. The minimum atomic E-state index is -0.721. The van der Waals surface area contributed by atoms with E-state index in [-0.39, 0.29) is 18.4 Å². The van der Waals surface area contributed by atoms with Crippen molar-refractivity contribution in [3.63, 3.8) is 0 Å². The van der Waals surface area contributed by atoms with Gasteiger partial charge < -0.3 is 15.0 Å². The maximum atomic E-state index is 12.5. The van der Waals surface area contributed by atoms with Gasteiger partial charge in [0.2, 0.25) is 5.91 Å². The largest absolute Gasteiger partial charge is 0.387 e. The van der Waals surface area contributed by atoms with Crippen LogP contribution in [-0.2, 0) is 11.8 Å². The highest BCUT2D eigenvalue weighted by Gasteiger charge is 2.19. The predicted octanol–water partition coefficient (Wildman–Crippen LogP) is 3.52. The summed E-state index contributed by atoms with van der Waals surface area (Å²) < 4.78 is 2.04. The molecule has 0 unspecified atom stereocenters. The molecule has 3 aromatic rings. The Hall–Kier alpha value is -2.59. The number of amides is 1. The van der Waals surface area contributed by atoms with Gasteiger partial charge in [0.15, 0.2) is 0 Å². The molecule has 1 aromatic heterocycles. The summed E-state index contributed by atoms with van der Waals surface area (Å²) in [4.78, 5) is 12.5. The molecule has 0 aliphatic carbocycles. The Labute approximate surface area is 148 Å². The second-order valence-corrected chi connectivity index (χ2v) is 6.38. The normalized spacial score (nSPS) is 13.6. The van der Waals surface area contributed by atoms with Gasteiger partial charge in [-0.2, -0.15) is 0 Å². The molecule has 4 heteroatoms. The number of hydrogen-bond donors (Lipinski definition) is 2. The number of carbonyl (C=O) groups is 1. The molecule has 0 saturated carbocycles. The molecule has 0 bridgehead atoms. The SMILES string of the molecule is CC[C@H](C(=O)NC[C@H](O)c1ccc2c(ccn2C)c1)c1ccccc1. The third-order valence-electron chi connectivity index (χ3n) is 4.69. The number of aliphatic hydroxyl groups excluding tert-OH is 1. The Kier molecular flexibility index (Phi) is 5.19. The molecule has 4 nitrogen and oxygen atoms in total. The van der Waals surface area contributed by atoms with E-state index in [2.05, 4.69) is 5.32 Å². The van der Waals surface area contributed by atoms with Crippen LogP contribution in [0.5, 0.6) is 0 Å². The molecule has 1 heterocycles. The average molecular weight is 336 g/mol. The summed E-state index contributed by atoms with van der Waals surface area (Å²) in [6.45, 7) is 2.21. The van der Waals surface area contributed by atoms with Crippen molar-refractivity contribution < 1.29 is 9.90 Å². The highest BCUT2D eigenvalue weighted by Crippen LogP contribution is 2.22. The topological polar surface area (TPSA) is 54.3 Å². The molecule has 1 amide bonds. The van der Waals surface area contributed by atoms with E-state index in [0.29, 0.717) is 0 Å². The van der Waals surface area contributed by atoms with E-state index in [9.17, 15) is 9.90 Å². The minimum Gasteiger partial charge on any atom is -0.387 e. The molecule has 3 rings (SSSR count). The maximum absolute atomic E-state index is 12.5. The number of nitrogens with one attached hydrogen (secondary N) is 1. The van der Waals surface area contributed by atoms with E-state index in [0.717, 1.165) is 28.5 Å². The van der Waals surface area contributed by atoms with Crippen molar-refractivity contribution >= 4 is 16.8 Å². The van der Waals surface area contributed by atoms with E-state index in [1.165, 1.54) is 0 Å². The first kappa shape index (κ1) is 17.2. The Morgan fingerprint density at radius 2 is 1.88 bits per heavy atom. The highest BCUT2D eigenvalue weighted by molar-refractivity contribution is 5.83. The van der Waals surface area contributed by atoms with Crippen LogP contribution in [0.2, 0.25) is 0 Å². The Morgan fingerprint density at radius 1 is 1.12 bits per heavy atom. The van der Waals surface area contributed by atoms with Crippen molar-refractivity contribution in [1.82, 2.24) is 9.88 Å². The van der Waals surface area contributed by atoms with E-state index in [4.69, 9.17) is 0 Å². The number of benzene rings is 2. The Bertz CT molecular complexity index is 855. The van der Waals surface area contributed by atoms with Crippen molar-refractivity contribution in [1.29, 1.82) is 0 Å². The van der Waals surface area contributed by atoms with Gasteiger partial charge in [0.1, 0.15) is 0 Å². The average Bonchev–Trinajstić information content (AvgIpc) is 3.01. The Balaban J connectivity index is 1.65. The summed E-state index contributed by atoms with van der Waals surface area (Å²) in [5.41, 5.74) is 2.93. The first-order valence-electron chi connectivity index (χ1n) is 8.66. The van der Waals surface area contributed by atoms with E-state index >= 15 is 0 Å². The molecule has 0 radical (unpaired) electrons. The van der Waals surface area contributed by atoms with Gasteiger partial charge in [0.05, 0.1) is 12.0 Å². The summed E-state index contributed by atoms with van der Waals surface area (Å²) in [5.74, 6) is -0.237. The van der Waals surface area contributed by atoms with Crippen LogP contribution in [0.25, 0.3) is 10.9 Å². The fourth-order valence-electron chi connectivity index (χ4n) is 3.20. The van der Waals surface area contributed by atoms with Gasteiger partial charge in [-0.05, 0) is 41.1 Å². The maximum Gasteiger partial charge on any atom is 0.227 e. The fourth-order valence-corrected chi connectivity index (χ4v) is 3.20. The Morgan fingerprint density at radius 3 is 2.60 bits per heavy atom. The monoisotopic (exact) mass is 336 g/mol. The highest BCUT2D eigenvalue weighted by atomic mass is 16.3. The summed E-state index contributed by atoms with van der Waals surface area (Å²) in [6, 6.07) is 17.7. The van der Waals surface area contributed by atoms with Gasteiger partial charge in [0.25, 0.3) is 0 Å². The molecule has 25 heavy (non-hydrogen) atoms. The van der Waals surface area contributed by atoms with Crippen LogP contribution in [0.3, 0.4) is 0 Å². The lowest BCUT2D eigenvalue weighted by molar-refractivity contribution is -0.123. The zero-order chi connectivity index (χ0) is 17.8. The summed E-state index contributed by atoms with van der Waals surface area (Å²) in [7, 11) is 1.99. The fraction of sp³-hybridized carbons (Fsp3) is 0.286. The molecule has 0 saturated heterocycles. The molecule has 0 aliphatic heterocycles. The smallest absolute Gasteiger partial charge is 0.227 e. The molecular weight excluding hydrogens is 312 g/mol. The number of aliphatic hydroxyl groups is 1. The van der Waals surface area contributed by atoms with Gasteiger partial charge >= 0.3 is 0 Å². The van der Waals surface area contributed by atoms with Gasteiger partial charge in [0, 0.05) is 25.3 Å². The van der Waals surface area contributed by atoms with E-state index in [1.54, 1.807) is 0 Å². The molecule has 130 valence electrons. The number of aromatic nitrogens is 1. The molecule has 0 fully saturated rings. The van der Waals surface area contributed by atoms with Gasteiger partial charge in [-0.25, -0.2) is 0 Å². The number of aryl methyl sites for hydroxylation is 1. The molecule has 2 atom stereocenters. The zero-order valence-electron chi connectivity index (χ0n) is 14.6. The lowest BCUT2D eigenvalue weighted by Crippen LogP contribution is -2.32. The molecular formula is C21H24N2O2. The van der Waals surface area contributed by atoms with Crippen molar-refractivity contribution in [3.05, 3.63) is 71.9 Å². The first-order chi connectivity index (χ1) is 12.1. The number of hydrogen-bond acceptors (Lipinski definition) is 2. The number of nitrogens with zero attached hydrogens (tertiary/aromatic N) is 1. The second-order valence-electron chi connectivity index (χ2n) is 6.38. The van der Waals surface area contributed by atoms with Crippen LogP contribution in [0.15, 0.2) is 60.8 Å². The van der Waals surface area contributed by atoms with Crippen molar-refractivity contribution in [3.8, 4) is 0 Å². The van der Waals surface area contributed by atoms with Gasteiger partial charge in [-0.3, -0.25) is 4.79 Å². The summed E-state index contributed by atoms with van der Waals surface area (Å²) >= 11 is 0. The molecule has 2 aromatic carbocycles. The number of fused-ring (bicyclic) bond motifs is 1. The number of rotatable bonds is 6. The van der Waals surface area contributed by atoms with E-state index < -0.39 is 6.10 Å². The number of carbonyl (C=O) groups excluding carboxylic acids is 1. The van der Waals surface area contributed by atoms with Crippen LogP contribution < -0.4 is 5.32 Å². The summed E-state index contributed by atoms with van der Waals surface area (Å²) in [5, 5.41) is 14.4. The van der Waals surface area contributed by atoms with E-state index in [1.807, 2.05) is 79.3 Å². The van der Waals surface area contributed by atoms with Crippen molar-refractivity contribution in [2.75, 3.05) is 6.54 Å². The molecule has 0 aliphatic rings. The second kappa shape index (κ2) is 7.53. The molecule has 2 N–H and O–H groups in total. The van der Waals surface area contributed by atoms with Crippen molar-refractivity contribution in [2.24, 2.45) is 7.05 Å². The lowest BCUT2D eigenvalue weighted by atomic mass is 9.95. The first-order valence-corrected chi connectivity index (χ1v) is 8.66. The van der Waals surface area contributed by atoms with Crippen LogP contribution in [0.4, 0.5) is 0 Å². The van der Waals surface area contributed by atoms with Crippen LogP contribution in [0, 0.1) is 0 Å². The van der Waals surface area contributed by atoms with Crippen LogP contribution in [-0.4, -0.2) is 22.1 Å². The standard InChI is InChI=1S/C21H24N2O2/c1-3-18(15-7-5-4-6-8-15)21(25)22-14-20(24)17-9-10-19-16(13-17)11-12-23(19)2/h4-13,18,20,24H,3,14H2,1-2H3,(H,22,25)/t18-,20-/m0/s1. The third-order valence-corrected chi connectivity index (χ3v) is 4.69. The van der Waals surface area contributed by atoms with Gasteiger partial charge in [-0.15, -0.1) is 0 Å². The van der Waals surface area contributed by atoms with Gasteiger partial charge in [-0.1, -0.05) is 43.3 Å². The summed E-state index contributed by atoms with van der Waals surface area (Å²) in [6.07, 6.45) is 2.00. The third kappa shape index (κ3) is 3.74. The molecule has 0 spiro atoms. The van der Waals surface area contributed by atoms with Crippen LogP contribution in [0.1, 0.15) is 36.5 Å². The zero-order valence-corrected chi connectivity index (χ0v) is 14.6. The van der Waals surface area contributed by atoms with Crippen LogP contribution >= 0.6 is 0 Å². The predicted molar refractivity (Wildman–Crippen MR) is 100 cm³/mol. The lowest BCUT2D eigenvalue weighted by Gasteiger charge is -2.18. The quantitative estimate of drug-likeness (QED) is 0.723. The van der Waals surface area contributed by atoms with Crippen molar-refractivity contribution in [2.45, 2.75) is 25.4 Å².